The number of nitrogens with zero attached hydrogens (tertiary/aromatic N) is 3. The molecule has 0 aliphatic heterocycles. The molecule has 0 N–H and O–H groups in total. The molecular weight excluding hydrogens is 286 g/mol. The number of fused-ring (bicyclic) bond motifs is 1. The van der Waals surface area contributed by atoms with E-state index >= 15 is 0 Å². The molecule has 0 amide bonds. The monoisotopic (exact) mass is 301 g/mol. The highest BCUT2D eigenvalue weighted by molar-refractivity contribution is 7.90. The van der Waals surface area contributed by atoms with Gasteiger partial charge in [0.15, 0.2) is 5.65 Å². The van der Waals surface area contributed by atoms with E-state index in [0.717, 1.165) is 22.7 Å². The Morgan fingerprint density at radius 1 is 1.32 bits per heavy atom. The minimum absolute atomic E-state index is 0.0728. The number of rotatable bonds is 5. The Balaban J connectivity index is 2.47. The molecule has 0 saturated carbocycles. The fraction of sp³-hybridized carbons (Fsp3) is 0.500. The van der Waals surface area contributed by atoms with Crippen molar-refractivity contribution in [2.24, 2.45) is 0 Å². The Hall–Kier alpha value is -1.14. The fourth-order valence-electron chi connectivity index (χ4n) is 1.91. The Bertz CT molecular complexity index is 694. The van der Waals surface area contributed by atoms with Crippen molar-refractivity contribution in [2.45, 2.75) is 19.9 Å². The normalized spacial score (nSPS) is 12.2. The van der Waals surface area contributed by atoms with Crippen molar-refractivity contribution >= 4 is 32.6 Å². The summed E-state index contributed by atoms with van der Waals surface area (Å²) >= 11 is 5.76. The quantitative estimate of drug-likeness (QED) is 0.786. The van der Waals surface area contributed by atoms with Gasteiger partial charge in [-0.25, -0.2) is 18.4 Å². The summed E-state index contributed by atoms with van der Waals surface area (Å²) < 4.78 is 24.5. The first-order valence-corrected chi connectivity index (χ1v) is 8.56. The molecule has 2 aromatic rings. The van der Waals surface area contributed by atoms with Gasteiger partial charge in [-0.3, -0.25) is 0 Å². The van der Waals surface area contributed by atoms with E-state index in [9.17, 15) is 8.42 Å². The third kappa shape index (κ3) is 3.45. The Morgan fingerprint density at radius 2 is 2.05 bits per heavy atom. The number of imidazole rings is 1. The summed E-state index contributed by atoms with van der Waals surface area (Å²) in [4.78, 5) is 8.91. The molecule has 0 aromatic carbocycles. The third-order valence-corrected chi connectivity index (χ3v) is 3.93. The van der Waals surface area contributed by atoms with Crippen molar-refractivity contribution in [3.8, 4) is 0 Å². The van der Waals surface area contributed by atoms with Crippen LogP contribution < -0.4 is 0 Å². The van der Waals surface area contributed by atoms with E-state index in [4.69, 9.17) is 11.6 Å². The number of pyridine rings is 1. The molecule has 7 heteroatoms. The minimum Gasteiger partial charge on any atom is -0.312 e. The van der Waals surface area contributed by atoms with Crippen LogP contribution in [-0.2, 0) is 22.8 Å². The van der Waals surface area contributed by atoms with Gasteiger partial charge in [0.05, 0.1) is 5.75 Å². The smallest absolute Gasteiger partial charge is 0.160 e. The zero-order chi connectivity index (χ0) is 14.0. The molecule has 2 heterocycles. The molecule has 104 valence electrons. The number of alkyl halides is 1. The topological polar surface area (TPSA) is 64.8 Å². The van der Waals surface area contributed by atoms with E-state index in [1.54, 1.807) is 0 Å². The van der Waals surface area contributed by atoms with Gasteiger partial charge in [-0.05, 0) is 19.1 Å². The maximum atomic E-state index is 11.3. The first kappa shape index (κ1) is 14.3. The first-order chi connectivity index (χ1) is 8.90. The molecule has 2 aromatic heterocycles. The van der Waals surface area contributed by atoms with Gasteiger partial charge in [-0.1, -0.05) is 0 Å². The van der Waals surface area contributed by atoms with E-state index in [2.05, 4.69) is 9.97 Å². The first-order valence-electron chi connectivity index (χ1n) is 5.97. The van der Waals surface area contributed by atoms with Crippen LogP contribution in [0.15, 0.2) is 12.1 Å². The van der Waals surface area contributed by atoms with Gasteiger partial charge in [0.2, 0.25) is 0 Å². The van der Waals surface area contributed by atoms with E-state index in [1.807, 2.05) is 23.6 Å². The number of hydrogen-bond donors (Lipinski definition) is 0. The van der Waals surface area contributed by atoms with Crippen molar-refractivity contribution in [1.82, 2.24) is 14.5 Å². The molecule has 19 heavy (non-hydrogen) atoms. The van der Waals surface area contributed by atoms with Gasteiger partial charge in [-0.15, -0.1) is 11.6 Å². The predicted molar refractivity (Wildman–Crippen MR) is 76.4 cm³/mol. The Morgan fingerprint density at radius 3 is 2.68 bits per heavy atom. The SMILES string of the molecule is Cc1ccc2nc(CCCl)n(CCS(C)(=O)=O)c2n1. The van der Waals surface area contributed by atoms with Crippen LogP contribution in [0, 0.1) is 6.92 Å². The van der Waals surface area contributed by atoms with Gasteiger partial charge < -0.3 is 4.57 Å². The van der Waals surface area contributed by atoms with Crippen LogP contribution in [0.2, 0.25) is 0 Å². The summed E-state index contributed by atoms with van der Waals surface area (Å²) in [5.74, 6) is 1.30. The van der Waals surface area contributed by atoms with Crippen LogP contribution in [0.1, 0.15) is 11.5 Å². The number of aryl methyl sites for hydroxylation is 3. The van der Waals surface area contributed by atoms with E-state index in [1.165, 1.54) is 6.26 Å². The standard InChI is InChI=1S/C12H16ClN3O2S/c1-9-3-4-10-12(14-9)16(7-8-19(2,17)18)11(15-10)5-6-13/h3-4H,5-8H2,1-2H3. The molecule has 0 saturated heterocycles. The van der Waals surface area contributed by atoms with Crippen LogP contribution in [0.5, 0.6) is 0 Å². The second-order valence-corrected chi connectivity index (χ2v) is 7.18. The lowest BCUT2D eigenvalue weighted by Gasteiger charge is -2.07. The maximum Gasteiger partial charge on any atom is 0.160 e. The summed E-state index contributed by atoms with van der Waals surface area (Å²) in [5.41, 5.74) is 2.38. The number of halogens is 1. The molecule has 0 aliphatic carbocycles. The largest absolute Gasteiger partial charge is 0.312 e. The molecular formula is C12H16ClN3O2S. The van der Waals surface area contributed by atoms with E-state index in [0.29, 0.717) is 18.8 Å². The zero-order valence-electron chi connectivity index (χ0n) is 10.9. The fourth-order valence-corrected chi connectivity index (χ4v) is 2.59. The number of hydrogen-bond acceptors (Lipinski definition) is 4. The molecule has 0 bridgehead atoms. The van der Waals surface area contributed by atoms with Crippen LogP contribution in [-0.4, -0.2) is 40.8 Å². The number of aromatic nitrogens is 3. The summed E-state index contributed by atoms with van der Waals surface area (Å²) in [6.07, 6.45) is 1.83. The predicted octanol–water partition coefficient (Wildman–Crippen LogP) is 1.57. The molecule has 0 radical (unpaired) electrons. The van der Waals surface area contributed by atoms with Crippen LogP contribution in [0.3, 0.4) is 0 Å². The highest BCUT2D eigenvalue weighted by atomic mass is 35.5. The van der Waals surface area contributed by atoms with E-state index < -0.39 is 9.84 Å². The summed E-state index contributed by atoms with van der Waals surface area (Å²) in [5, 5.41) is 0. The third-order valence-electron chi connectivity index (χ3n) is 2.81. The molecule has 5 nitrogen and oxygen atoms in total. The van der Waals surface area contributed by atoms with Crippen LogP contribution in [0.25, 0.3) is 11.2 Å². The average Bonchev–Trinajstić information content (AvgIpc) is 2.63. The Kier molecular flexibility index (Phi) is 4.10. The van der Waals surface area contributed by atoms with Crippen molar-refractivity contribution in [1.29, 1.82) is 0 Å². The summed E-state index contributed by atoms with van der Waals surface area (Å²) in [6.45, 7) is 2.26. The molecule has 2 rings (SSSR count). The second-order valence-electron chi connectivity index (χ2n) is 4.54. The van der Waals surface area contributed by atoms with Gasteiger partial charge in [0, 0.05) is 30.8 Å². The molecule has 0 fully saturated rings. The highest BCUT2D eigenvalue weighted by Crippen LogP contribution is 2.16. The Labute approximate surface area is 117 Å². The summed E-state index contributed by atoms with van der Waals surface area (Å²) in [6, 6.07) is 3.78. The average molecular weight is 302 g/mol. The highest BCUT2D eigenvalue weighted by Gasteiger charge is 2.13. The summed E-state index contributed by atoms with van der Waals surface area (Å²) in [7, 11) is -3.02. The van der Waals surface area contributed by atoms with Gasteiger partial charge in [-0.2, -0.15) is 0 Å². The molecule has 0 spiro atoms. The van der Waals surface area contributed by atoms with Crippen LogP contribution >= 0.6 is 11.6 Å². The maximum absolute atomic E-state index is 11.3. The van der Waals surface area contributed by atoms with Crippen molar-refractivity contribution in [3.63, 3.8) is 0 Å². The molecule has 0 aliphatic rings. The molecule has 0 unspecified atom stereocenters. The van der Waals surface area contributed by atoms with Gasteiger partial charge in [0.1, 0.15) is 21.2 Å². The zero-order valence-corrected chi connectivity index (χ0v) is 12.5. The van der Waals surface area contributed by atoms with Crippen molar-refractivity contribution in [3.05, 3.63) is 23.7 Å². The van der Waals surface area contributed by atoms with E-state index in [-0.39, 0.29) is 5.75 Å². The van der Waals surface area contributed by atoms with Crippen molar-refractivity contribution < 1.29 is 8.42 Å². The lowest BCUT2D eigenvalue weighted by molar-refractivity contribution is 0.593. The lowest BCUT2D eigenvalue weighted by atomic mass is 10.3. The van der Waals surface area contributed by atoms with Crippen molar-refractivity contribution in [2.75, 3.05) is 17.9 Å². The van der Waals surface area contributed by atoms with Gasteiger partial charge >= 0.3 is 0 Å². The van der Waals surface area contributed by atoms with Gasteiger partial charge in [0.25, 0.3) is 0 Å². The molecule has 0 atom stereocenters. The number of sulfone groups is 1. The second kappa shape index (κ2) is 5.46. The lowest BCUT2D eigenvalue weighted by Crippen LogP contribution is -2.14. The van der Waals surface area contributed by atoms with Crippen LogP contribution in [0.4, 0.5) is 0 Å². The minimum atomic E-state index is -3.02.